The van der Waals surface area contributed by atoms with Crippen LogP contribution in [0.15, 0.2) is 24.3 Å². The predicted molar refractivity (Wildman–Crippen MR) is 104 cm³/mol. The van der Waals surface area contributed by atoms with E-state index in [0.29, 0.717) is 23.2 Å². The van der Waals surface area contributed by atoms with Crippen LogP contribution in [0.25, 0.3) is 10.6 Å². The quantitative estimate of drug-likeness (QED) is 0.855. The third-order valence-corrected chi connectivity index (χ3v) is 6.30. The number of carbonyl (C=O) groups excluding carboxylic acids is 1. The average Bonchev–Trinajstić information content (AvgIpc) is 3.02. The van der Waals surface area contributed by atoms with Crippen molar-refractivity contribution in [1.82, 2.24) is 15.2 Å². The number of thiazole rings is 1. The van der Waals surface area contributed by atoms with Crippen molar-refractivity contribution in [3.63, 3.8) is 0 Å². The molecule has 1 amide bonds. The van der Waals surface area contributed by atoms with Gasteiger partial charge >= 0.3 is 0 Å². The van der Waals surface area contributed by atoms with Gasteiger partial charge in [0.1, 0.15) is 15.7 Å². The topological polar surface area (TPSA) is 45.2 Å². The smallest absolute Gasteiger partial charge is 0.263 e. The summed E-state index contributed by atoms with van der Waals surface area (Å²) in [7, 11) is 0. The zero-order valence-corrected chi connectivity index (χ0v) is 16.4. The summed E-state index contributed by atoms with van der Waals surface area (Å²) in [5.41, 5.74) is 1.54. The molecule has 1 atom stereocenters. The lowest BCUT2D eigenvalue weighted by Crippen LogP contribution is -2.45. The van der Waals surface area contributed by atoms with E-state index in [1.807, 2.05) is 6.92 Å². The summed E-state index contributed by atoms with van der Waals surface area (Å²) in [4.78, 5) is 20.1. The van der Waals surface area contributed by atoms with Gasteiger partial charge in [-0.2, -0.15) is 0 Å². The van der Waals surface area contributed by atoms with E-state index >= 15 is 0 Å². The monoisotopic (exact) mass is 375 g/mol. The number of hydrogen-bond acceptors (Lipinski definition) is 4. The Kier molecular flexibility index (Phi) is 6.04. The minimum atomic E-state index is -0.277. The van der Waals surface area contributed by atoms with Gasteiger partial charge in [-0.05, 0) is 70.0 Å². The third-order valence-electron chi connectivity index (χ3n) is 5.09. The molecule has 0 bridgehead atoms. The Morgan fingerprint density at radius 2 is 2.00 bits per heavy atom. The average molecular weight is 376 g/mol. The number of carbonyl (C=O) groups is 1. The minimum Gasteiger partial charge on any atom is -0.350 e. The molecule has 3 rings (SSSR count). The van der Waals surface area contributed by atoms with Crippen molar-refractivity contribution in [2.24, 2.45) is 5.92 Å². The third kappa shape index (κ3) is 4.48. The van der Waals surface area contributed by atoms with Crippen molar-refractivity contribution in [3.05, 3.63) is 40.7 Å². The minimum absolute atomic E-state index is 0.0782. The second kappa shape index (κ2) is 8.27. The van der Waals surface area contributed by atoms with Crippen LogP contribution in [0.2, 0.25) is 0 Å². The molecule has 1 saturated heterocycles. The molecule has 26 heavy (non-hydrogen) atoms. The van der Waals surface area contributed by atoms with Crippen molar-refractivity contribution in [3.8, 4) is 10.6 Å². The number of aromatic nitrogens is 1. The van der Waals surface area contributed by atoms with E-state index in [-0.39, 0.29) is 11.7 Å². The maximum Gasteiger partial charge on any atom is 0.263 e. The van der Waals surface area contributed by atoms with Gasteiger partial charge in [-0.15, -0.1) is 11.3 Å². The highest BCUT2D eigenvalue weighted by Gasteiger charge is 2.22. The van der Waals surface area contributed by atoms with Crippen LogP contribution >= 0.6 is 11.3 Å². The summed E-state index contributed by atoms with van der Waals surface area (Å²) < 4.78 is 13.1. The molecule has 0 radical (unpaired) electrons. The predicted octanol–water partition coefficient (Wildman–Crippen LogP) is 4.11. The lowest BCUT2D eigenvalue weighted by Gasteiger charge is -2.34. The highest BCUT2D eigenvalue weighted by Crippen LogP contribution is 2.28. The van der Waals surface area contributed by atoms with Crippen molar-refractivity contribution in [2.75, 3.05) is 19.6 Å². The standard InChI is InChI=1S/C20H26FN3OS/c1-13-8-10-24(11-9-13)14(2)12-22-19(25)18-15(3)23-20(26-18)16-4-6-17(21)7-5-16/h4-7,13-14H,8-12H2,1-3H3,(H,22,25). The summed E-state index contributed by atoms with van der Waals surface area (Å²) in [6, 6.07) is 6.53. The molecule has 1 aromatic carbocycles. The number of halogens is 1. The Morgan fingerprint density at radius 3 is 2.65 bits per heavy atom. The number of piperidine rings is 1. The van der Waals surface area contributed by atoms with E-state index in [2.05, 4.69) is 29.0 Å². The Labute approximate surface area is 158 Å². The van der Waals surface area contributed by atoms with Gasteiger partial charge in [-0.3, -0.25) is 9.69 Å². The molecular formula is C20H26FN3OS. The second-order valence-electron chi connectivity index (χ2n) is 7.22. The molecule has 6 heteroatoms. The molecule has 2 heterocycles. The van der Waals surface area contributed by atoms with Crippen LogP contribution in [-0.2, 0) is 0 Å². The van der Waals surface area contributed by atoms with Crippen molar-refractivity contribution in [1.29, 1.82) is 0 Å². The van der Waals surface area contributed by atoms with E-state index < -0.39 is 0 Å². The Morgan fingerprint density at radius 1 is 1.35 bits per heavy atom. The van der Waals surface area contributed by atoms with E-state index in [1.165, 1.54) is 36.3 Å². The first-order chi connectivity index (χ1) is 12.4. The lowest BCUT2D eigenvalue weighted by molar-refractivity contribution is 0.0925. The fourth-order valence-corrected chi connectivity index (χ4v) is 4.23. The van der Waals surface area contributed by atoms with Crippen LogP contribution in [0.5, 0.6) is 0 Å². The molecule has 0 aliphatic carbocycles. The molecule has 1 unspecified atom stereocenters. The van der Waals surface area contributed by atoms with Gasteiger partial charge in [0.05, 0.1) is 5.69 Å². The summed E-state index contributed by atoms with van der Waals surface area (Å²) in [5, 5.41) is 3.79. The molecule has 1 aromatic heterocycles. The molecule has 0 saturated carbocycles. The molecule has 4 nitrogen and oxygen atoms in total. The number of likely N-dealkylation sites (tertiary alicyclic amines) is 1. The SMILES string of the molecule is Cc1nc(-c2ccc(F)cc2)sc1C(=O)NCC(C)N1CCC(C)CC1. The number of hydrogen-bond donors (Lipinski definition) is 1. The second-order valence-corrected chi connectivity index (χ2v) is 8.22. The van der Waals surface area contributed by atoms with Gasteiger partial charge in [0.15, 0.2) is 0 Å². The summed E-state index contributed by atoms with van der Waals surface area (Å²) in [6.45, 7) is 9.15. The number of nitrogens with one attached hydrogen (secondary N) is 1. The van der Waals surface area contributed by atoms with E-state index in [1.54, 1.807) is 12.1 Å². The first-order valence-corrected chi connectivity index (χ1v) is 10.0. The Bertz CT molecular complexity index is 751. The largest absolute Gasteiger partial charge is 0.350 e. The van der Waals surface area contributed by atoms with Crippen LogP contribution in [0.3, 0.4) is 0 Å². The zero-order chi connectivity index (χ0) is 18.7. The maximum absolute atomic E-state index is 13.1. The molecule has 1 aliphatic rings. The van der Waals surface area contributed by atoms with Crippen LogP contribution < -0.4 is 5.32 Å². The van der Waals surface area contributed by atoms with Gasteiger partial charge in [0.25, 0.3) is 5.91 Å². The Hall–Kier alpha value is -1.79. The van der Waals surface area contributed by atoms with Crippen LogP contribution in [0.4, 0.5) is 4.39 Å². The van der Waals surface area contributed by atoms with Crippen molar-refractivity contribution in [2.45, 2.75) is 39.7 Å². The summed E-state index contributed by atoms with van der Waals surface area (Å²) in [6.07, 6.45) is 2.46. The van der Waals surface area contributed by atoms with Gasteiger partial charge in [0, 0.05) is 18.2 Å². The molecule has 1 fully saturated rings. The molecular weight excluding hydrogens is 349 g/mol. The highest BCUT2D eigenvalue weighted by molar-refractivity contribution is 7.17. The fraction of sp³-hybridized carbons (Fsp3) is 0.500. The number of nitrogens with zero attached hydrogens (tertiary/aromatic N) is 2. The van der Waals surface area contributed by atoms with E-state index in [4.69, 9.17) is 0 Å². The zero-order valence-electron chi connectivity index (χ0n) is 15.6. The normalized spacial score (nSPS) is 17.2. The number of aryl methyl sites for hydroxylation is 1. The molecule has 1 N–H and O–H groups in total. The fourth-order valence-electron chi connectivity index (χ4n) is 3.24. The number of rotatable bonds is 5. The number of amides is 1. The summed E-state index contributed by atoms with van der Waals surface area (Å²) in [5.74, 6) is 0.449. The van der Waals surface area contributed by atoms with Gasteiger partial charge in [0.2, 0.25) is 0 Å². The maximum atomic E-state index is 13.1. The van der Waals surface area contributed by atoms with Gasteiger partial charge in [-0.25, -0.2) is 9.37 Å². The highest BCUT2D eigenvalue weighted by atomic mass is 32.1. The first kappa shape index (κ1) is 19.0. The van der Waals surface area contributed by atoms with Crippen molar-refractivity contribution >= 4 is 17.2 Å². The van der Waals surface area contributed by atoms with Crippen molar-refractivity contribution < 1.29 is 9.18 Å². The number of benzene rings is 1. The van der Waals surface area contributed by atoms with Crippen LogP contribution in [0.1, 0.15) is 42.1 Å². The van der Waals surface area contributed by atoms with Gasteiger partial charge < -0.3 is 5.32 Å². The van der Waals surface area contributed by atoms with E-state index in [9.17, 15) is 9.18 Å². The van der Waals surface area contributed by atoms with Crippen LogP contribution in [0, 0.1) is 18.7 Å². The van der Waals surface area contributed by atoms with E-state index in [0.717, 1.165) is 29.6 Å². The molecule has 140 valence electrons. The van der Waals surface area contributed by atoms with Crippen LogP contribution in [-0.4, -0.2) is 41.5 Å². The first-order valence-electron chi connectivity index (χ1n) is 9.19. The molecule has 2 aromatic rings. The summed E-state index contributed by atoms with van der Waals surface area (Å²) >= 11 is 1.35. The van der Waals surface area contributed by atoms with Gasteiger partial charge in [-0.1, -0.05) is 6.92 Å². The lowest BCUT2D eigenvalue weighted by atomic mass is 9.98. The molecule has 1 aliphatic heterocycles. The Balaban J connectivity index is 1.60. The molecule has 0 spiro atoms.